The SMILES string of the molecule is CC(C)C[C@H](N)C(=O)NC1CCOc2c(Cl)cccc21. The van der Waals surface area contributed by atoms with Crippen molar-refractivity contribution in [3.63, 3.8) is 0 Å². The lowest BCUT2D eigenvalue weighted by Crippen LogP contribution is -2.43. The van der Waals surface area contributed by atoms with Gasteiger partial charge in [0.05, 0.1) is 23.7 Å². The minimum atomic E-state index is -0.472. The minimum absolute atomic E-state index is 0.0804. The summed E-state index contributed by atoms with van der Waals surface area (Å²) in [6, 6.07) is 5.03. The van der Waals surface area contributed by atoms with Gasteiger partial charge in [-0.25, -0.2) is 0 Å². The normalized spacial score (nSPS) is 19.1. The number of ether oxygens (including phenoxy) is 1. The fraction of sp³-hybridized carbons (Fsp3) is 0.533. The van der Waals surface area contributed by atoms with Gasteiger partial charge in [-0.05, 0) is 18.4 Å². The van der Waals surface area contributed by atoms with Crippen LogP contribution in [-0.4, -0.2) is 18.6 Å². The molecular weight excluding hydrogens is 276 g/mol. The number of nitrogens with two attached hydrogens (primary N) is 1. The van der Waals surface area contributed by atoms with Crippen molar-refractivity contribution in [2.45, 2.75) is 38.8 Å². The van der Waals surface area contributed by atoms with Gasteiger partial charge in [0, 0.05) is 12.0 Å². The van der Waals surface area contributed by atoms with E-state index in [-0.39, 0.29) is 11.9 Å². The van der Waals surface area contributed by atoms with E-state index < -0.39 is 6.04 Å². The number of carbonyl (C=O) groups is 1. The first kappa shape index (κ1) is 15.1. The summed E-state index contributed by atoms with van der Waals surface area (Å²) < 4.78 is 5.58. The quantitative estimate of drug-likeness (QED) is 0.898. The number of rotatable bonds is 4. The molecule has 0 aromatic heterocycles. The number of carbonyl (C=O) groups excluding carboxylic acids is 1. The van der Waals surface area contributed by atoms with E-state index in [1.807, 2.05) is 12.1 Å². The second kappa shape index (κ2) is 6.46. The highest BCUT2D eigenvalue weighted by molar-refractivity contribution is 6.32. The highest BCUT2D eigenvalue weighted by Crippen LogP contribution is 2.37. The van der Waals surface area contributed by atoms with Crippen LogP contribution in [0.1, 0.15) is 38.3 Å². The van der Waals surface area contributed by atoms with Gasteiger partial charge in [-0.1, -0.05) is 37.6 Å². The molecule has 1 aromatic rings. The Labute approximate surface area is 124 Å². The lowest BCUT2D eigenvalue weighted by molar-refractivity contribution is -0.123. The largest absolute Gasteiger partial charge is 0.492 e. The van der Waals surface area contributed by atoms with Gasteiger partial charge in [0.1, 0.15) is 5.75 Å². The molecule has 1 amide bonds. The number of fused-ring (bicyclic) bond motifs is 1. The van der Waals surface area contributed by atoms with E-state index in [1.165, 1.54) is 0 Å². The highest BCUT2D eigenvalue weighted by Gasteiger charge is 2.26. The van der Waals surface area contributed by atoms with Gasteiger partial charge in [0.25, 0.3) is 0 Å². The van der Waals surface area contributed by atoms with E-state index in [4.69, 9.17) is 22.1 Å². The molecule has 0 aliphatic carbocycles. The zero-order valence-corrected chi connectivity index (χ0v) is 12.6. The lowest BCUT2D eigenvalue weighted by Gasteiger charge is -2.28. The van der Waals surface area contributed by atoms with E-state index in [9.17, 15) is 4.79 Å². The number of benzene rings is 1. The summed E-state index contributed by atoms with van der Waals surface area (Å²) in [4.78, 5) is 12.1. The Morgan fingerprint density at radius 1 is 1.55 bits per heavy atom. The van der Waals surface area contributed by atoms with Crippen molar-refractivity contribution in [1.82, 2.24) is 5.32 Å². The van der Waals surface area contributed by atoms with E-state index in [1.54, 1.807) is 6.07 Å². The molecule has 0 saturated heterocycles. The van der Waals surface area contributed by atoms with Crippen molar-refractivity contribution in [2.75, 3.05) is 6.61 Å². The molecule has 0 fully saturated rings. The van der Waals surface area contributed by atoms with Crippen molar-refractivity contribution >= 4 is 17.5 Å². The number of halogens is 1. The minimum Gasteiger partial charge on any atom is -0.492 e. The smallest absolute Gasteiger partial charge is 0.237 e. The van der Waals surface area contributed by atoms with Crippen molar-refractivity contribution in [3.8, 4) is 5.75 Å². The first-order valence-corrected chi connectivity index (χ1v) is 7.34. The molecule has 4 nitrogen and oxygen atoms in total. The van der Waals surface area contributed by atoms with Crippen molar-refractivity contribution in [3.05, 3.63) is 28.8 Å². The second-order valence-electron chi connectivity index (χ2n) is 5.59. The summed E-state index contributed by atoms with van der Waals surface area (Å²) in [6.07, 6.45) is 1.41. The maximum absolute atomic E-state index is 12.1. The van der Waals surface area contributed by atoms with Gasteiger partial charge in [-0.2, -0.15) is 0 Å². The fourth-order valence-electron chi connectivity index (χ4n) is 2.43. The standard InChI is InChI=1S/C15H21ClN2O2/c1-9(2)8-12(17)15(19)18-13-6-7-20-14-10(13)4-3-5-11(14)16/h3-5,9,12-13H,6-8,17H2,1-2H3,(H,18,19)/t12-,13?/m0/s1. The van der Waals surface area contributed by atoms with Crippen LogP contribution < -0.4 is 15.8 Å². The molecule has 0 spiro atoms. The molecular formula is C15H21ClN2O2. The average Bonchev–Trinajstić information content (AvgIpc) is 2.39. The maximum Gasteiger partial charge on any atom is 0.237 e. The zero-order chi connectivity index (χ0) is 14.7. The van der Waals surface area contributed by atoms with E-state index in [0.717, 1.165) is 12.0 Å². The summed E-state index contributed by atoms with van der Waals surface area (Å²) in [5.74, 6) is 0.951. The fourth-order valence-corrected chi connectivity index (χ4v) is 2.67. The first-order valence-electron chi connectivity index (χ1n) is 6.96. The molecule has 20 heavy (non-hydrogen) atoms. The van der Waals surface area contributed by atoms with Crippen LogP contribution in [0, 0.1) is 5.92 Å². The summed E-state index contributed by atoms with van der Waals surface area (Å²) >= 11 is 6.11. The molecule has 110 valence electrons. The molecule has 1 aliphatic rings. The van der Waals surface area contributed by atoms with Gasteiger partial charge in [-0.3, -0.25) is 4.79 Å². The predicted molar refractivity (Wildman–Crippen MR) is 79.9 cm³/mol. The molecule has 1 heterocycles. The van der Waals surface area contributed by atoms with Crippen LogP contribution >= 0.6 is 11.6 Å². The lowest BCUT2D eigenvalue weighted by atomic mass is 9.99. The molecule has 5 heteroatoms. The van der Waals surface area contributed by atoms with Crippen LogP contribution in [0.5, 0.6) is 5.75 Å². The van der Waals surface area contributed by atoms with Crippen molar-refractivity contribution < 1.29 is 9.53 Å². The monoisotopic (exact) mass is 296 g/mol. The third-order valence-electron chi connectivity index (χ3n) is 3.40. The van der Waals surface area contributed by atoms with Gasteiger partial charge in [0.15, 0.2) is 0 Å². The number of hydrogen-bond donors (Lipinski definition) is 2. The molecule has 2 atom stereocenters. The zero-order valence-electron chi connectivity index (χ0n) is 11.9. The number of hydrogen-bond acceptors (Lipinski definition) is 3. The molecule has 0 radical (unpaired) electrons. The van der Waals surface area contributed by atoms with Crippen molar-refractivity contribution in [1.29, 1.82) is 0 Å². The Morgan fingerprint density at radius 3 is 3.00 bits per heavy atom. The van der Waals surface area contributed by atoms with Crippen LogP contribution in [0.4, 0.5) is 0 Å². The number of nitrogens with one attached hydrogen (secondary N) is 1. The van der Waals surface area contributed by atoms with Gasteiger partial charge in [-0.15, -0.1) is 0 Å². The van der Waals surface area contributed by atoms with Gasteiger partial charge in [0.2, 0.25) is 5.91 Å². The Hall–Kier alpha value is -1.26. The maximum atomic E-state index is 12.1. The molecule has 1 unspecified atom stereocenters. The molecule has 1 aromatic carbocycles. The molecule has 2 rings (SSSR count). The Kier molecular flexibility index (Phi) is 4.89. The average molecular weight is 297 g/mol. The van der Waals surface area contributed by atoms with Crippen LogP contribution in [0.15, 0.2) is 18.2 Å². The Balaban J connectivity index is 2.09. The Morgan fingerprint density at radius 2 is 2.30 bits per heavy atom. The number of amides is 1. The summed E-state index contributed by atoms with van der Waals surface area (Å²) in [6.45, 7) is 4.65. The third kappa shape index (κ3) is 3.44. The Bertz CT molecular complexity index is 491. The van der Waals surface area contributed by atoms with E-state index in [0.29, 0.717) is 29.7 Å². The van der Waals surface area contributed by atoms with Crippen LogP contribution in [0.3, 0.4) is 0 Å². The van der Waals surface area contributed by atoms with Crippen LogP contribution in [0.25, 0.3) is 0 Å². The van der Waals surface area contributed by atoms with E-state index in [2.05, 4.69) is 19.2 Å². The predicted octanol–water partition coefficient (Wildman–Crippen LogP) is 2.65. The second-order valence-corrected chi connectivity index (χ2v) is 6.00. The van der Waals surface area contributed by atoms with Gasteiger partial charge < -0.3 is 15.8 Å². The molecule has 3 N–H and O–H groups in total. The van der Waals surface area contributed by atoms with Crippen molar-refractivity contribution in [2.24, 2.45) is 11.7 Å². The van der Waals surface area contributed by atoms with Gasteiger partial charge >= 0.3 is 0 Å². The topological polar surface area (TPSA) is 64.4 Å². The van der Waals surface area contributed by atoms with Crippen LogP contribution in [-0.2, 0) is 4.79 Å². The van der Waals surface area contributed by atoms with Crippen LogP contribution in [0.2, 0.25) is 5.02 Å². The third-order valence-corrected chi connectivity index (χ3v) is 3.70. The molecule has 0 saturated carbocycles. The molecule has 1 aliphatic heterocycles. The number of para-hydroxylation sites is 1. The summed E-state index contributed by atoms with van der Waals surface area (Å²) in [7, 11) is 0. The molecule has 0 bridgehead atoms. The summed E-state index contributed by atoms with van der Waals surface area (Å²) in [5, 5.41) is 3.58. The van der Waals surface area contributed by atoms with E-state index >= 15 is 0 Å². The summed E-state index contributed by atoms with van der Waals surface area (Å²) in [5.41, 5.74) is 6.84. The highest BCUT2D eigenvalue weighted by atomic mass is 35.5. The first-order chi connectivity index (χ1) is 9.49.